The van der Waals surface area contributed by atoms with Gasteiger partial charge in [-0.1, -0.05) is 0 Å². The molecule has 3 heteroatoms. The summed E-state index contributed by atoms with van der Waals surface area (Å²) in [5.74, 6) is 1.05. The molecule has 10 fully saturated rings. The molecule has 0 bridgehead atoms. The zero-order valence-electron chi connectivity index (χ0n) is 11.1. The molecule has 1 nitrogen and oxygen atoms in total. The normalized spacial score (nSPS) is 106. The van der Waals surface area contributed by atoms with Gasteiger partial charge in [0, 0.05) is 0 Å². The number of fused-ring (bicyclic) bond motifs is 10. The molecule has 10 aliphatic heterocycles. The molecular formula is C17H15FeIO. The fraction of sp³-hybridized carbons (Fsp3) is 0.647. The van der Waals surface area contributed by atoms with Gasteiger partial charge < -0.3 is 0 Å². The number of ether oxygens (including phenoxy) is 1. The third-order valence-electron chi connectivity index (χ3n) is 16.2. The minimum atomic E-state index is -3.07. The Bertz CT molecular complexity index is 1240. The molecule has 1 aromatic carbocycles. The molecule has 10 saturated heterocycles. The monoisotopic (exact) mass is 418 g/mol. The van der Waals surface area contributed by atoms with E-state index in [2.05, 4.69) is 46.9 Å². The molecule has 0 saturated carbocycles. The molecule has 10 aliphatic rings. The molecule has 0 radical (unpaired) electrons. The van der Waals surface area contributed by atoms with E-state index >= 15 is 0 Å². The number of benzene rings is 1. The number of halogens is 1. The predicted molar refractivity (Wildman–Crippen MR) is 81.4 cm³/mol. The Balaban J connectivity index is 1.44. The van der Waals surface area contributed by atoms with E-state index in [1.54, 1.807) is 12.7 Å². The third kappa shape index (κ3) is 0.0913. The second-order valence-corrected chi connectivity index (χ2v) is 37.4. The van der Waals surface area contributed by atoms with Crippen molar-refractivity contribution in [2.75, 3.05) is 7.11 Å². The fourth-order valence-electron chi connectivity index (χ4n) is 17.9. The number of hydrogen-bond donors (Lipinski definition) is 0. The van der Waals surface area contributed by atoms with Crippen molar-refractivity contribution in [2.45, 2.75) is 45.2 Å². The number of methoxy groups -OCH3 is 1. The quantitative estimate of drug-likeness (QED) is 0.380. The Morgan fingerprint density at radius 3 is 1.80 bits per heavy atom. The topological polar surface area (TPSA) is 9.23 Å². The molecule has 20 heavy (non-hydrogen) atoms. The van der Waals surface area contributed by atoms with E-state index in [0.29, 0.717) is 0 Å². The summed E-state index contributed by atoms with van der Waals surface area (Å²) in [5.41, 5.74) is 1.81. The van der Waals surface area contributed by atoms with Gasteiger partial charge in [-0.05, 0) is 0 Å². The first-order valence-corrected chi connectivity index (χ1v) is 15.3. The van der Waals surface area contributed by atoms with Gasteiger partial charge in [-0.25, -0.2) is 0 Å². The zero-order chi connectivity index (χ0) is 12.6. The summed E-state index contributed by atoms with van der Waals surface area (Å²) in [4.78, 5) is 11.0. The standard InChI is InChI=1S/C12H11O.C5H4I.Fe/c1-13-12-8-6-11(7-9-12)10-4-2-3-5-10;6-5-3-1-2-4-5;/h2-9H,1H3;1-4H;. The molecule has 8 atom stereocenters. The second kappa shape index (κ2) is 0.755. The van der Waals surface area contributed by atoms with E-state index in [0.717, 1.165) is 12.4 Å². The average molecular weight is 418 g/mol. The second-order valence-electron chi connectivity index (χ2n) is 11.4. The number of rotatable bonds is 2. The van der Waals surface area contributed by atoms with Gasteiger partial charge >= 0.3 is 122 Å². The molecule has 0 amide bonds. The summed E-state index contributed by atoms with van der Waals surface area (Å²) in [6.07, 6.45) is 0. The van der Waals surface area contributed by atoms with Crippen LogP contribution in [0, 0.1) is 0 Å². The van der Waals surface area contributed by atoms with E-state index in [-0.39, 0.29) is 0 Å². The van der Waals surface area contributed by atoms with Gasteiger partial charge in [-0.3, -0.25) is 0 Å². The molecule has 0 aromatic heterocycles. The Labute approximate surface area is 121 Å². The minimum absolute atomic E-state index is 0.877. The summed E-state index contributed by atoms with van der Waals surface area (Å²) in [6, 6.07) is 9.48. The molecule has 104 valence electrons. The van der Waals surface area contributed by atoms with E-state index in [4.69, 9.17) is 4.74 Å². The van der Waals surface area contributed by atoms with Gasteiger partial charge in [0.25, 0.3) is 0 Å². The van der Waals surface area contributed by atoms with Gasteiger partial charge in [0.15, 0.2) is 0 Å². The first kappa shape index (κ1) is 8.21. The Kier molecular flexibility index (Phi) is 0.310. The van der Waals surface area contributed by atoms with Crippen LogP contribution in [0.5, 0.6) is 5.75 Å². The van der Waals surface area contributed by atoms with E-state index in [1.165, 1.54) is 38.5 Å². The van der Waals surface area contributed by atoms with Crippen LogP contribution in [0.3, 0.4) is 0 Å². The predicted octanol–water partition coefficient (Wildman–Crippen LogP) is 4.83. The van der Waals surface area contributed by atoms with Crippen molar-refractivity contribution in [2.24, 2.45) is 0 Å². The van der Waals surface area contributed by atoms with Gasteiger partial charge in [0.05, 0.1) is 0 Å². The molecule has 1 spiro atoms. The maximum absolute atomic E-state index is 5.40. The summed E-state index contributed by atoms with van der Waals surface area (Å²) in [7, 11) is 1.79. The molecule has 10 heterocycles. The van der Waals surface area contributed by atoms with Crippen LogP contribution in [0.2, 0.25) is 38.5 Å². The van der Waals surface area contributed by atoms with Gasteiger partial charge in [0.2, 0.25) is 0 Å². The molecule has 1 aromatic rings. The van der Waals surface area contributed by atoms with Crippen LogP contribution in [0.1, 0.15) is 5.56 Å². The van der Waals surface area contributed by atoms with Crippen LogP contribution >= 0.6 is 22.6 Å². The molecule has 11 rings (SSSR count). The van der Waals surface area contributed by atoms with Crippen LogP contribution in [-0.2, 0) is 10.8 Å². The zero-order valence-corrected chi connectivity index (χ0v) is 14.3. The van der Waals surface area contributed by atoms with Crippen molar-refractivity contribution in [3.8, 4) is 5.75 Å². The number of hydrogen-bond acceptors (Lipinski definition) is 1. The molecule has 0 N–H and O–H groups in total. The van der Waals surface area contributed by atoms with Crippen molar-refractivity contribution in [3.63, 3.8) is 0 Å². The van der Waals surface area contributed by atoms with Crippen LogP contribution in [0.4, 0.5) is 0 Å². The summed E-state index contributed by atoms with van der Waals surface area (Å²) in [5, 5.41) is 0. The van der Waals surface area contributed by atoms with Gasteiger partial charge in [-0.2, -0.15) is 0 Å². The SMILES string of the molecule is COc1ccc([C]23[CH]4[CH]5[CH]6[CH]2[Fe]56432789[CH]3[CH]2[CH]7[C]8(I)[CH]39)cc1. The van der Waals surface area contributed by atoms with Crippen molar-refractivity contribution in [3.05, 3.63) is 29.8 Å². The summed E-state index contributed by atoms with van der Waals surface area (Å²) < 4.78 is 7.27. The first-order valence-electron chi connectivity index (χ1n) is 8.01. The fourth-order valence-corrected chi connectivity index (χ4v) is 110. The van der Waals surface area contributed by atoms with Crippen LogP contribution < -0.4 is 4.74 Å². The number of alkyl halides is 1. The van der Waals surface area contributed by atoms with Crippen LogP contribution in [0.15, 0.2) is 24.3 Å². The first-order chi connectivity index (χ1) is 9.47. The van der Waals surface area contributed by atoms with E-state index in [1.807, 2.05) is 0 Å². The average Bonchev–Trinajstić information content (AvgIpc) is 3.42. The maximum atomic E-state index is 5.40. The summed E-state index contributed by atoms with van der Waals surface area (Å²) in [6.45, 7) is -3.07. The Hall–Kier alpha value is 0.269. The van der Waals surface area contributed by atoms with Crippen LogP contribution in [-0.4, -0.2) is 9.43 Å². The van der Waals surface area contributed by atoms with E-state index in [9.17, 15) is 0 Å². The molecule has 0 aliphatic carbocycles. The van der Waals surface area contributed by atoms with Crippen molar-refractivity contribution in [1.82, 2.24) is 0 Å². The van der Waals surface area contributed by atoms with Crippen molar-refractivity contribution < 1.29 is 11.2 Å². The molecule has 8 unspecified atom stereocenters. The van der Waals surface area contributed by atoms with Crippen LogP contribution in [0.25, 0.3) is 0 Å². The Morgan fingerprint density at radius 1 is 0.950 bits per heavy atom. The Morgan fingerprint density at radius 2 is 1.50 bits per heavy atom. The third-order valence-corrected chi connectivity index (χ3v) is 68.8. The van der Waals surface area contributed by atoms with Crippen molar-refractivity contribution >= 4 is 22.6 Å². The molecular weight excluding hydrogens is 403 g/mol. The van der Waals surface area contributed by atoms with Gasteiger partial charge in [-0.15, -0.1) is 0 Å². The van der Waals surface area contributed by atoms with Gasteiger partial charge in [0.1, 0.15) is 0 Å². The summed E-state index contributed by atoms with van der Waals surface area (Å²) >= 11 is 3.08. The van der Waals surface area contributed by atoms with E-state index < -0.39 is 6.51 Å². The van der Waals surface area contributed by atoms with Crippen molar-refractivity contribution in [1.29, 1.82) is 0 Å².